The molecule has 1 N–H and O–H groups in total. The molecule has 0 unspecified atom stereocenters. The number of H-pyrrole nitrogens is 1. The van der Waals surface area contributed by atoms with E-state index >= 15 is 0 Å². The van der Waals surface area contributed by atoms with E-state index in [9.17, 15) is 4.21 Å². The van der Waals surface area contributed by atoms with Crippen LogP contribution in [0.1, 0.15) is 25.5 Å². The quantitative estimate of drug-likeness (QED) is 0.703. The van der Waals surface area contributed by atoms with Gasteiger partial charge in [0.05, 0.1) is 46.3 Å². The Morgan fingerprint density at radius 1 is 1.31 bits per heavy atom. The summed E-state index contributed by atoms with van der Waals surface area (Å²) in [4.78, 5) is 7.12. The SMILES string of the molecule is Cc1cc(-n2ncc3c(N=[S@](C)(=O)C4CC4)cc(N4CCOC[C@H]4C)nc32)n[nH]1. The summed E-state index contributed by atoms with van der Waals surface area (Å²) in [6.45, 7) is 6.11. The molecular weight excluding hydrogens is 390 g/mol. The topological polar surface area (TPSA) is 101 Å². The van der Waals surface area contributed by atoms with E-state index in [0.717, 1.165) is 36.3 Å². The lowest BCUT2D eigenvalue weighted by Crippen LogP contribution is -2.44. The van der Waals surface area contributed by atoms with Crippen LogP contribution in [0.5, 0.6) is 0 Å². The second kappa shape index (κ2) is 6.81. The average Bonchev–Trinajstić information content (AvgIpc) is 3.34. The Labute approximate surface area is 169 Å². The molecule has 2 fully saturated rings. The lowest BCUT2D eigenvalue weighted by atomic mass is 10.2. The van der Waals surface area contributed by atoms with Crippen molar-refractivity contribution < 1.29 is 8.95 Å². The number of nitrogens with zero attached hydrogens (tertiary/aromatic N) is 6. The van der Waals surface area contributed by atoms with Gasteiger partial charge in [0.15, 0.2) is 11.5 Å². The molecule has 0 amide bonds. The fourth-order valence-electron chi connectivity index (χ4n) is 3.72. The number of aromatic nitrogens is 5. The van der Waals surface area contributed by atoms with Gasteiger partial charge in [0.1, 0.15) is 5.82 Å². The summed E-state index contributed by atoms with van der Waals surface area (Å²) in [6.07, 6.45) is 5.45. The maximum atomic E-state index is 13.1. The molecular formula is C19H25N7O2S. The highest BCUT2D eigenvalue weighted by Gasteiger charge is 2.31. The van der Waals surface area contributed by atoms with Gasteiger partial charge < -0.3 is 9.64 Å². The number of pyridine rings is 1. The van der Waals surface area contributed by atoms with E-state index in [1.807, 2.05) is 19.1 Å². The highest BCUT2D eigenvalue weighted by atomic mass is 32.2. The second-order valence-corrected chi connectivity index (χ2v) is 10.5. The first-order valence-electron chi connectivity index (χ1n) is 9.89. The third kappa shape index (κ3) is 3.40. The van der Waals surface area contributed by atoms with Crippen molar-refractivity contribution in [3.63, 3.8) is 0 Å². The maximum absolute atomic E-state index is 13.1. The van der Waals surface area contributed by atoms with Crippen LogP contribution in [0, 0.1) is 6.92 Å². The fourth-order valence-corrected chi connectivity index (χ4v) is 5.42. The van der Waals surface area contributed by atoms with Crippen LogP contribution in [-0.2, 0) is 14.5 Å². The first kappa shape index (κ1) is 18.6. The number of aromatic amines is 1. The molecule has 1 saturated heterocycles. The smallest absolute Gasteiger partial charge is 0.177 e. The van der Waals surface area contributed by atoms with Crippen LogP contribution in [0.4, 0.5) is 11.5 Å². The number of hydrogen-bond donors (Lipinski definition) is 1. The van der Waals surface area contributed by atoms with Crippen LogP contribution in [0.3, 0.4) is 0 Å². The highest BCUT2D eigenvalue weighted by molar-refractivity contribution is 7.93. The van der Waals surface area contributed by atoms with Gasteiger partial charge in [-0.2, -0.15) is 19.2 Å². The maximum Gasteiger partial charge on any atom is 0.177 e. The monoisotopic (exact) mass is 415 g/mol. The molecule has 4 heterocycles. The van der Waals surface area contributed by atoms with E-state index in [1.54, 1.807) is 17.1 Å². The Hall–Kier alpha value is -2.46. The number of rotatable bonds is 4. The molecule has 0 aromatic carbocycles. The van der Waals surface area contributed by atoms with Crippen molar-refractivity contribution in [1.82, 2.24) is 25.0 Å². The molecule has 0 radical (unpaired) electrons. The van der Waals surface area contributed by atoms with E-state index in [4.69, 9.17) is 14.1 Å². The van der Waals surface area contributed by atoms with Crippen molar-refractivity contribution in [3.8, 4) is 5.82 Å². The number of nitrogens with one attached hydrogen (secondary N) is 1. The van der Waals surface area contributed by atoms with Gasteiger partial charge in [0.2, 0.25) is 0 Å². The zero-order valence-electron chi connectivity index (χ0n) is 16.8. The first-order chi connectivity index (χ1) is 13.9. The minimum absolute atomic E-state index is 0.181. The largest absolute Gasteiger partial charge is 0.377 e. The number of fused-ring (bicyclic) bond motifs is 1. The van der Waals surface area contributed by atoms with E-state index in [0.29, 0.717) is 30.4 Å². The van der Waals surface area contributed by atoms with E-state index in [-0.39, 0.29) is 11.3 Å². The summed E-state index contributed by atoms with van der Waals surface area (Å²) in [5.41, 5.74) is 2.29. The van der Waals surface area contributed by atoms with Gasteiger partial charge in [-0.15, -0.1) is 0 Å². The summed E-state index contributed by atoms with van der Waals surface area (Å²) in [7, 11) is -2.30. The van der Waals surface area contributed by atoms with Crippen molar-refractivity contribution in [2.24, 2.45) is 4.36 Å². The lowest BCUT2D eigenvalue weighted by molar-refractivity contribution is 0.0985. The summed E-state index contributed by atoms with van der Waals surface area (Å²) >= 11 is 0. The third-order valence-corrected chi connectivity index (χ3v) is 7.77. The van der Waals surface area contributed by atoms with Gasteiger partial charge in [0.25, 0.3) is 0 Å². The Balaban J connectivity index is 1.72. The predicted molar refractivity (Wildman–Crippen MR) is 113 cm³/mol. The molecule has 10 heteroatoms. The molecule has 9 nitrogen and oxygen atoms in total. The molecule has 1 saturated carbocycles. The third-order valence-electron chi connectivity index (χ3n) is 5.50. The number of anilines is 1. The molecule has 0 bridgehead atoms. The van der Waals surface area contributed by atoms with Crippen LogP contribution >= 0.6 is 0 Å². The minimum atomic E-state index is -2.30. The van der Waals surface area contributed by atoms with Crippen molar-refractivity contribution in [3.05, 3.63) is 24.0 Å². The number of aryl methyl sites for hydroxylation is 1. The number of ether oxygens (including phenoxy) is 1. The van der Waals surface area contributed by atoms with Crippen molar-refractivity contribution in [1.29, 1.82) is 0 Å². The molecule has 2 aliphatic rings. The van der Waals surface area contributed by atoms with Crippen LogP contribution in [-0.4, -0.2) is 66.5 Å². The van der Waals surface area contributed by atoms with Gasteiger partial charge in [0, 0.05) is 35.9 Å². The van der Waals surface area contributed by atoms with Gasteiger partial charge in [-0.3, -0.25) is 5.10 Å². The standard InChI is InChI=1S/C19H25N7O2S/c1-12-8-18(23-22-12)26-19-15(10-20-26)16(24-29(3,27)14-4-5-14)9-17(21-19)25-6-7-28-11-13(25)2/h8-10,13-14H,4-7,11H2,1-3H3,(H,22,23)/t13-,29-/m1/s1. The molecule has 3 aromatic rings. The molecule has 1 aliphatic heterocycles. The van der Waals surface area contributed by atoms with E-state index in [1.165, 1.54) is 0 Å². The molecule has 2 atom stereocenters. The van der Waals surface area contributed by atoms with Crippen molar-refractivity contribution in [2.75, 3.05) is 30.9 Å². The zero-order chi connectivity index (χ0) is 20.2. The predicted octanol–water partition coefficient (Wildman–Crippen LogP) is 2.57. The second-order valence-electron chi connectivity index (χ2n) is 7.97. The summed E-state index contributed by atoms with van der Waals surface area (Å²) in [5.74, 6) is 1.47. The molecule has 1 aliphatic carbocycles. The van der Waals surface area contributed by atoms with Crippen LogP contribution in [0.25, 0.3) is 16.9 Å². The van der Waals surface area contributed by atoms with Crippen LogP contribution < -0.4 is 4.90 Å². The minimum Gasteiger partial charge on any atom is -0.377 e. The Morgan fingerprint density at radius 3 is 2.83 bits per heavy atom. The summed E-state index contributed by atoms with van der Waals surface area (Å²) < 4.78 is 25.1. The molecule has 5 rings (SSSR count). The molecule has 29 heavy (non-hydrogen) atoms. The molecule has 0 spiro atoms. The Bertz CT molecular complexity index is 1190. The molecule has 3 aromatic heterocycles. The Morgan fingerprint density at radius 2 is 2.14 bits per heavy atom. The number of hydrogen-bond acceptors (Lipinski definition) is 7. The lowest BCUT2D eigenvalue weighted by Gasteiger charge is -2.34. The van der Waals surface area contributed by atoms with Gasteiger partial charge in [-0.1, -0.05) is 0 Å². The Kier molecular flexibility index (Phi) is 4.36. The zero-order valence-corrected chi connectivity index (χ0v) is 17.6. The average molecular weight is 416 g/mol. The summed E-state index contributed by atoms with van der Waals surface area (Å²) in [5, 5.41) is 12.7. The first-order valence-corrected chi connectivity index (χ1v) is 11.9. The number of morpholine rings is 1. The normalized spacial score (nSPS) is 22.0. The van der Waals surface area contributed by atoms with Crippen LogP contribution in [0.15, 0.2) is 22.7 Å². The van der Waals surface area contributed by atoms with Gasteiger partial charge in [-0.05, 0) is 26.7 Å². The molecule has 154 valence electrons. The van der Waals surface area contributed by atoms with E-state index < -0.39 is 9.73 Å². The van der Waals surface area contributed by atoms with Gasteiger partial charge >= 0.3 is 0 Å². The fraction of sp³-hybridized carbons (Fsp3) is 0.526. The van der Waals surface area contributed by atoms with Crippen LogP contribution in [0.2, 0.25) is 0 Å². The van der Waals surface area contributed by atoms with E-state index in [2.05, 4.69) is 27.1 Å². The van der Waals surface area contributed by atoms with Gasteiger partial charge in [-0.25, -0.2) is 9.19 Å². The van der Waals surface area contributed by atoms with Crippen molar-refractivity contribution in [2.45, 2.75) is 38.0 Å². The highest BCUT2D eigenvalue weighted by Crippen LogP contribution is 2.36. The van der Waals surface area contributed by atoms with Crippen molar-refractivity contribution >= 4 is 32.3 Å². The summed E-state index contributed by atoms with van der Waals surface area (Å²) in [6, 6.07) is 4.06.